The van der Waals surface area contributed by atoms with Crippen molar-refractivity contribution in [3.63, 3.8) is 0 Å². The van der Waals surface area contributed by atoms with Crippen LogP contribution in [0.3, 0.4) is 0 Å². The van der Waals surface area contributed by atoms with Crippen LogP contribution in [0.1, 0.15) is 36.7 Å². The molecule has 0 fully saturated rings. The zero-order valence-electron chi connectivity index (χ0n) is 10.9. The molecule has 1 heterocycles. The van der Waals surface area contributed by atoms with Crippen molar-refractivity contribution in [2.45, 2.75) is 32.9 Å². The predicted molar refractivity (Wildman–Crippen MR) is 73.1 cm³/mol. The molecule has 0 spiro atoms. The molecule has 0 aliphatic rings. The van der Waals surface area contributed by atoms with Crippen molar-refractivity contribution in [3.05, 3.63) is 59.7 Å². The molecule has 0 amide bonds. The van der Waals surface area contributed by atoms with Crippen molar-refractivity contribution < 1.29 is 0 Å². The van der Waals surface area contributed by atoms with Gasteiger partial charge in [0.05, 0.1) is 5.69 Å². The number of benzene rings is 1. The molecule has 3 heteroatoms. The van der Waals surface area contributed by atoms with Crippen LogP contribution in [0.15, 0.2) is 42.9 Å². The molecule has 0 aliphatic carbocycles. The van der Waals surface area contributed by atoms with Crippen LogP contribution in [0.2, 0.25) is 0 Å². The Morgan fingerprint density at radius 2 is 1.94 bits per heavy atom. The van der Waals surface area contributed by atoms with E-state index in [1.807, 2.05) is 6.07 Å². The second kappa shape index (κ2) is 6.26. The summed E-state index contributed by atoms with van der Waals surface area (Å²) in [6, 6.07) is 11.0. The second-order valence-electron chi connectivity index (χ2n) is 4.40. The average Bonchev–Trinajstić information content (AvgIpc) is 2.46. The Kier molecular flexibility index (Phi) is 4.42. The van der Waals surface area contributed by atoms with E-state index in [1.54, 1.807) is 12.5 Å². The molecule has 0 saturated heterocycles. The monoisotopic (exact) mass is 241 g/mol. The minimum absolute atomic E-state index is 0.325. The molecule has 94 valence electrons. The minimum Gasteiger partial charge on any atom is -0.305 e. The molecule has 1 atom stereocenters. The molecule has 0 bridgehead atoms. The van der Waals surface area contributed by atoms with Gasteiger partial charge in [-0.15, -0.1) is 0 Å². The lowest BCUT2D eigenvalue weighted by atomic mass is 10.0. The molecule has 2 aromatic rings. The Bertz CT molecular complexity index is 465. The highest BCUT2D eigenvalue weighted by Crippen LogP contribution is 2.14. The summed E-state index contributed by atoms with van der Waals surface area (Å²) in [5.41, 5.74) is 3.70. The van der Waals surface area contributed by atoms with Crippen LogP contribution in [0.5, 0.6) is 0 Å². The first-order valence-electron chi connectivity index (χ1n) is 6.36. The van der Waals surface area contributed by atoms with Crippen LogP contribution in [-0.4, -0.2) is 9.97 Å². The first-order valence-corrected chi connectivity index (χ1v) is 6.36. The molecular weight excluding hydrogens is 222 g/mol. The highest BCUT2D eigenvalue weighted by atomic mass is 14.9. The summed E-state index contributed by atoms with van der Waals surface area (Å²) in [7, 11) is 0. The van der Waals surface area contributed by atoms with Gasteiger partial charge in [-0.3, -0.25) is 0 Å². The van der Waals surface area contributed by atoms with Gasteiger partial charge in [0, 0.05) is 18.8 Å². The topological polar surface area (TPSA) is 37.8 Å². The summed E-state index contributed by atoms with van der Waals surface area (Å²) in [6.45, 7) is 5.10. The van der Waals surface area contributed by atoms with E-state index >= 15 is 0 Å². The smallest absolute Gasteiger partial charge is 0.115 e. The lowest BCUT2D eigenvalue weighted by Crippen LogP contribution is -2.18. The standard InChI is InChI=1S/C15H19N3/c1-3-13-4-6-14(7-5-13)12(2)17-10-15-8-9-16-11-18-15/h4-9,11-12,17H,3,10H2,1-2H3. The van der Waals surface area contributed by atoms with Gasteiger partial charge < -0.3 is 5.32 Å². The van der Waals surface area contributed by atoms with Gasteiger partial charge in [-0.25, -0.2) is 9.97 Å². The maximum absolute atomic E-state index is 4.20. The minimum atomic E-state index is 0.325. The first kappa shape index (κ1) is 12.7. The lowest BCUT2D eigenvalue weighted by Gasteiger charge is -2.14. The summed E-state index contributed by atoms with van der Waals surface area (Å²) in [5.74, 6) is 0. The van der Waals surface area contributed by atoms with Gasteiger partial charge in [0.25, 0.3) is 0 Å². The molecule has 0 radical (unpaired) electrons. The van der Waals surface area contributed by atoms with Crippen molar-refractivity contribution in [1.29, 1.82) is 0 Å². The molecule has 18 heavy (non-hydrogen) atoms. The van der Waals surface area contributed by atoms with E-state index < -0.39 is 0 Å². The van der Waals surface area contributed by atoms with Gasteiger partial charge >= 0.3 is 0 Å². The van der Waals surface area contributed by atoms with E-state index in [2.05, 4.69) is 53.4 Å². The van der Waals surface area contributed by atoms with Crippen molar-refractivity contribution in [1.82, 2.24) is 15.3 Å². The van der Waals surface area contributed by atoms with Gasteiger partial charge in [0.1, 0.15) is 6.33 Å². The van der Waals surface area contributed by atoms with Gasteiger partial charge in [-0.2, -0.15) is 0 Å². The largest absolute Gasteiger partial charge is 0.305 e. The summed E-state index contributed by atoms with van der Waals surface area (Å²) < 4.78 is 0. The van der Waals surface area contributed by atoms with Crippen LogP contribution in [0.4, 0.5) is 0 Å². The molecule has 0 aliphatic heterocycles. The number of aromatic nitrogens is 2. The number of rotatable bonds is 5. The Morgan fingerprint density at radius 3 is 2.56 bits per heavy atom. The molecule has 1 aromatic heterocycles. The molecule has 1 unspecified atom stereocenters. The summed E-state index contributed by atoms with van der Waals surface area (Å²) >= 11 is 0. The van der Waals surface area contributed by atoms with Crippen molar-refractivity contribution in [3.8, 4) is 0 Å². The van der Waals surface area contributed by atoms with Crippen molar-refractivity contribution >= 4 is 0 Å². The zero-order valence-corrected chi connectivity index (χ0v) is 10.9. The fourth-order valence-electron chi connectivity index (χ4n) is 1.84. The fourth-order valence-corrected chi connectivity index (χ4v) is 1.84. The van der Waals surface area contributed by atoms with Crippen LogP contribution >= 0.6 is 0 Å². The summed E-state index contributed by atoms with van der Waals surface area (Å²) in [4.78, 5) is 8.11. The summed E-state index contributed by atoms with van der Waals surface area (Å²) in [6.07, 6.45) is 4.44. The third kappa shape index (κ3) is 3.37. The van der Waals surface area contributed by atoms with Crippen LogP contribution < -0.4 is 5.32 Å². The molecule has 0 saturated carbocycles. The molecular formula is C15H19N3. The number of hydrogen-bond donors (Lipinski definition) is 1. The Labute approximate surface area is 108 Å². The number of hydrogen-bond acceptors (Lipinski definition) is 3. The maximum Gasteiger partial charge on any atom is 0.115 e. The van der Waals surface area contributed by atoms with Crippen molar-refractivity contribution in [2.75, 3.05) is 0 Å². The number of aryl methyl sites for hydroxylation is 1. The normalized spacial score (nSPS) is 12.3. The maximum atomic E-state index is 4.20. The van der Waals surface area contributed by atoms with Crippen LogP contribution in [0.25, 0.3) is 0 Å². The molecule has 2 rings (SSSR count). The van der Waals surface area contributed by atoms with E-state index in [1.165, 1.54) is 11.1 Å². The van der Waals surface area contributed by atoms with E-state index in [-0.39, 0.29) is 0 Å². The Hall–Kier alpha value is -1.74. The van der Waals surface area contributed by atoms with Gasteiger partial charge in [0.15, 0.2) is 0 Å². The molecule has 1 aromatic carbocycles. The van der Waals surface area contributed by atoms with Gasteiger partial charge in [0.2, 0.25) is 0 Å². The number of nitrogens with one attached hydrogen (secondary N) is 1. The van der Waals surface area contributed by atoms with Gasteiger partial charge in [-0.1, -0.05) is 31.2 Å². The second-order valence-corrected chi connectivity index (χ2v) is 4.40. The highest BCUT2D eigenvalue weighted by molar-refractivity contribution is 5.24. The zero-order chi connectivity index (χ0) is 12.8. The SMILES string of the molecule is CCc1ccc(C(C)NCc2ccncn2)cc1. The Balaban J connectivity index is 1.93. The average molecular weight is 241 g/mol. The highest BCUT2D eigenvalue weighted by Gasteiger charge is 2.04. The van der Waals surface area contributed by atoms with E-state index in [0.717, 1.165) is 18.7 Å². The van der Waals surface area contributed by atoms with Gasteiger partial charge in [-0.05, 0) is 30.5 Å². The quantitative estimate of drug-likeness (QED) is 0.874. The van der Waals surface area contributed by atoms with Crippen LogP contribution in [0, 0.1) is 0 Å². The third-order valence-electron chi connectivity index (χ3n) is 3.12. The molecule has 3 nitrogen and oxygen atoms in total. The first-order chi connectivity index (χ1) is 8.79. The number of nitrogens with zero attached hydrogens (tertiary/aromatic N) is 2. The molecule has 1 N–H and O–H groups in total. The van der Waals surface area contributed by atoms with Crippen LogP contribution in [-0.2, 0) is 13.0 Å². The third-order valence-corrected chi connectivity index (χ3v) is 3.12. The van der Waals surface area contributed by atoms with E-state index in [0.29, 0.717) is 6.04 Å². The van der Waals surface area contributed by atoms with E-state index in [4.69, 9.17) is 0 Å². The predicted octanol–water partition coefficient (Wildman–Crippen LogP) is 2.89. The fraction of sp³-hybridized carbons (Fsp3) is 0.333. The lowest BCUT2D eigenvalue weighted by molar-refractivity contribution is 0.567. The van der Waals surface area contributed by atoms with E-state index in [9.17, 15) is 0 Å². The van der Waals surface area contributed by atoms with Crippen molar-refractivity contribution in [2.24, 2.45) is 0 Å². The Morgan fingerprint density at radius 1 is 1.17 bits per heavy atom. The summed E-state index contributed by atoms with van der Waals surface area (Å²) in [5, 5.41) is 3.46.